The molecule has 2 aromatic carbocycles. The number of aromatic nitrogens is 2. The molecule has 0 radical (unpaired) electrons. The zero-order valence-corrected chi connectivity index (χ0v) is 15.2. The second-order valence-electron chi connectivity index (χ2n) is 6.11. The van der Waals surface area contributed by atoms with Crippen LogP contribution in [0.1, 0.15) is 26.5 Å². The Morgan fingerprint density at radius 1 is 1.19 bits per heavy atom. The van der Waals surface area contributed by atoms with Gasteiger partial charge in [-0.15, -0.1) is 10.2 Å². The number of nitrogens with zero attached hydrogens (tertiary/aromatic N) is 2. The van der Waals surface area contributed by atoms with Crippen molar-refractivity contribution in [3.05, 3.63) is 70.0 Å². The van der Waals surface area contributed by atoms with Gasteiger partial charge in [0, 0.05) is 12.1 Å². The van der Waals surface area contributed by atoms with Gasteiger partial charge in [0.25, 0.3) is 5.91 Å². The largest absolute Gasteiger partial charge is 0.486 e. The van der Waals surface area contributed by atoms with Crippen LogP contribution in [0.15, 0.2) is 42.5 Å². The molecule has 138 valence electrons. The van der Waals surface area contributed by atoms with Gasteiger partial charge in [-0.2, -0.15) is 0 Å². The van der Waals surface area contributed by atoms with E-state index in [4.69, 9.17) is 4.74 Å². The van der Waals surface area contributed by atoms with Gasteiger partial charge in [0.1, 0.15) is 18.2 Å². The van der Waals surface area contributed by atoms with Crippen molar-refractivity contribution in [2.75, 3.05) is 11.9 Å². The Balaban J connectivity index is 1.37. The fraction of sp³-hybridized carbons (Fsp3) is 0.211. The van der Waals surface area contributed by atoms with Crippen molar-refractivity contribution < 1.29 is 13.9 Å². The van der Waals surface area contributed by atoms with Crippen LogP contribution in [0.5, 0.6) is 5.75 Å². The molecule has 0 unspecified atom stereocenters. The molecular formula is C19H17FN4O2S. The van der Waals surface area contributed by atoms with E-state index in [0.717, 1.165) is 19.5 Å². The van der Waals surface area contributed by atoms with Crippen LogP contribution in [0.2, 0.25) is 0 Å². The van der Waals surface area contributed by atoms with E-state index in [1.807, 2.05) is 18.2 Å². The third-order valence-electron chi connectivity index (χ3n) is 4.22. The molecule has 0 spiro atoms. The number of carbonyl (C=O) groups excluding carboxylic acids is 1. The summed E-state index contributed by atoms with van der Waals surface area (Å²) in [6, 6.07) is 11.5. The van der Waals surface area contributed by atoms with Gasteiger partial charge < -0.3 is 10.1 Å². The molecule has 4 rings (SSSR count). The molecule has 0 aliphatic carbocycles. The van der Waals surface area contributed by atoms with Gasteiger partial charge in [-0.3, -0.25) is 10.1 Å². The molecular weight excluding hydrogens is 367 g/mol. The van der Waals surface area contributed by atoms with Crippen molar-refractivity contribution in [2.45, 2.75) is 19.6 Å². The molecule has 0 saturated heterocycles. The molecule has 2 N–H and O–H groups in total. The van der Waals surface area contributed by atoms with Crippen LogP contribution in [-0.2, 0) is 19.6 Å². The Bertz CT molecular complexity index is 959. The van der Waals surface area contributed by atoms with E-state index in [2.05, 4.69) is 20.8 Å². The molecule has 6 nitrogen and oxygen atoms in total. The Hall–Kier alpha value is -2.84. The Morgan fingerprint density at radius 3 is 2.89 bits per heavy atom. The van der Waals surface area contributed by atoms with Crippen LogP contribution in [-0.4, -0.2) is 22.6 Å². The Morgan fingerprint density at radius 2 is 2.04 bits per heavy atom. The van der Waals surface area contributed by atoms with Gasteiger partial charge in [0.05, 0.1) is 0 Å². The third kappa shape index (κ3) is 4.29. The number of hydrogen-bond acceptors (Lipinski definition) is 6. The first-order valence-electron chi connectivity index (χ1n) is 8.52. The highest BCUT2D eigenvalue weighted by Crippen LogP contribution is 2.21. The minimum atomic E-state index is -0.318. The lowest BCUT2D eigenvalue weighted by Crippen LogP contribution is -2.24. The van der Waals surface area contributed by atoms with Crippen molar-refractivity contribution in [1.82, 2.24) is 15.5 Å². The lowest BCUT2D eigenvalue weighted by atomic mass is 9.98. The van der Waals surface area contributed by atoms with Gasteiger partial charge in [-0.05, 0) is 60.5 Å². The van der Waals surface area contributed by atoms with Crippen LogP contribution in [0.3, 0.4) is 0 Å². The topological polar surface area (TPSA) is 76.1 Å². The number of anilines is 1. The first kappa shape index (κ1) is 17.6. The average molecular weight is 384 g/mol. The van der Waals surface area contributed by atoms with Crippen molar-refractivity contribution in [3.8, 4) is 5.75 Å². The molecule has 3 aromatic rings. The van der Waals surface area contributed by atoms with Crippen LogP contribution >= 0.6 is 11.3 Å². The molecule has 1 aliphatic rings. The van der Waals surface area contributed by atoms with Gasteiger partial charge in [0.15, 0.2) is 5.01 Å². The molecule has 1 amide bonds. The number of amides is 1. The SMILES string of the molecule is O=C(Nc1nnc(COc2ccc(F)cc2)s1)c1ccc2c(c1)CCNC2. The molecule has 1 aromatic heterocycles. The zero-order valence-electron chi connectivity index (χ0n) is 14.4. The average Bonchev–Trinajstić information content (AvgIpc) is 3.14. The van der Waals surface area contributed by atoms with E-state index in [-0.39, 0.29) is 18.3 Å². The molecule has 2 heterocycles. The molecule has 0 atom stereocenters. The van der Waals surface area contributed by atoms with E-state index >= 15 is 0 Å². The predicted molar refractivity (Wildman–Crippen MR) is 100 cm³/mol. The summed E-state index contributed by atoms with van der Waals surface area (Å²) in [4.78, 5) is 12.5. The van der Waals surface area contributed by atoms with Gasteiger partial charge in [-0.1, -0.05) is 17.4 Å². The fourth-order valence-corrected chi connectivity index (χ4v) is 3.47. The standard InChI is InChI=1S/C19H17FN4O2S/c20-15-3-5-16(6-4-15)26-11-17-23-24-19(27-17)22-18(25)13-1-2-14-10-21-8-7-12(14)9-13/h1-6,9,21H,7-8,10-11H2,(H,22,24,25). The highest BCUT2D eigenvalue weighted by molar-refractivity contribution is 7.15. The summed E-state index contributed by atoms with van der Waals surface area (Å²) in [5.74, 6) is 0.0147. The lowest BCUT2D eigenvalue weighted by Gasteiger charge is -2.17. The molecule has 0 saturated carbocycles. The summed E-state index contributed by atoms with van der Waals surface area (Å²) in [5.41, 5.74) is 3.04. The summed E-state index contributed by atoms with van der Waals surface area (Å²) < 4.78 is 18.4. The van der Waals surface area contributed by atoms with Gasteiger partial charge >= 0.3 is 0 Å². The molecule has 0 fully saturated rings. The number of benzene rings is 2. The van der Waals surface area contributed by atoms with Crippen LogP contribution in [0.25, 0.3) is 0 Å². The first-order chi connectivity index (χ1) is 13.2. The summed E-state index contributed by atoms with van der Waals surface area (Å²) in [6.45, 7) is 1.96. The quantitative estimate of drug-likeness (QED) is 0.707. The molecule has 8 heteroatoms. The highest BCUT2D eigenvalue weighted by atomic mass is 32.1. The summed E-state index contributed by atoms with van der Waals surface area (Å²) in [6.07, 6.45) is 0.917. The van der Waals surface area contributed by atoms with Gasteiger partial charge in [-0.25, -0.2) is 4.39 Å². The monoisotopic (exact) mass is 384 g/mol. The number of rotatable bonds is 5. The van der Waals surface area contributed by atoms with Gasteiger partial charge in [0.2, 0.25) is 5.13 Å². The maximum atomic E-state index is 12.9. The minimum absolute atomic E-state index is 0.199. The number of nitrogens with one attached hydrogen (secondary N) is 2. The number of ether oxygens (including phenoxy) is 1. The van der Waals surface area contributed by atoms with Crippen LogP contribution in [0, 0.1) is 5.82 Å². The Kier molecular flexibility index (Phi) is 5.08. The lowest BCUT2D eigenvalue weighted by molar-refractivity contribution is 0.102. The number of fused-ring (bicyclic) bond motifs is 1. The van der Waals surface area contributed by atoms with E-state index in [9.17, 15) is 9.18 Å². The fourth-order valence-electron chi connectivity index (χ4n) is 2.83. The summed E-state index contributed by atoms with van der Waals surface area (Å²) >= 11 is 1.24. The van der Waals surface area contributed by atoms with Crippen LogP contribution in [0.4, 0.5) is 9.52 Å². The number of halogens is 1. The maximum Gasteiger partial charge on any atom is 0.257 e. The van der Waals surface area contributed by atoms with E-state index < -0.39 is 0 Å². The zero-order chi connectivity index (χ0) is 18.6. The normalized spacial score (nSPS) is 13.1. The smallest absolute Gasteiger partial charge is 0.257 e. The van der Waals surface area contributed by atoms with Crippen molar-refractivity contribution in [2.24, 2.45) is 0 Å². The second kappa shape index (κ2) is 7.81. The van der Waals surface area contributed by atoms with E-state index in [0.29, 0.717) is 21.5 Å². The predicted octanol–water partition coefficient (Wildman–Crippen LogP) is 3.15. The number of hydrogen-bond donors (Lipinski definition) is 2. The molecule has 27 heavy (non-hydrogen) atoms. The molecule has 0 bridgehead atoms. The van der Waals surface area contributed by atoms with E-state index in [1.54, 1.807) is 12.1 Å². The summed E-state index contributed by atoms with van der Waals surface area (Å²) in [5, 5.41) is 15.1. The third-order valence-corrected chi connectivity index (χ3v) is 5.03. The van der Waals surface area contributed by atoms with Crippen molar-refractivity contribution >= 4 is 22.4 Å². The van der Waals surface area contributed by atoms with Crippen molar-refractivity contribution in [3.63, 3.8) is 0 Å². The minimum Gasteiger partial charge on any atom is -0.486 e. The highest BCUT2D eigenvalue weighted by Gasteiger charge is 2.14. The van der Waals surface area contributed by atoms with Crippen LogP contribution < -0.4 is 15.4 Å². The first-order valence-corrected chi connectivity index (χ1v) is 9.34. The Labute approximate surface area is 159 Å². The number of carbonyl (C=O) groups is 1. The van der Waals surface area contributed by atoms with E-state index in [1.165, 1.54) is 34.6 Å². The second-order valence-corrected chi connectivity index (χ2v) is 7.17. The maximum absolute atomic E-state index is 12.9. The summed E-state index contributed by atoms with van der Waals surface area (Å²) in [7, 11) is 0. The molecule has 1 aliphatic heterocycles. The van der Waals surface area contributed by atoms with Crippen molar-refractivity contribution in [1.29, 1.82) is 0 Å².